The van der Waals surface area contributed by atoms with Crippen LogP contribution in [-0.4, -0.2) is 28.9 Å². The Labute approximate surface area is 148 Å². The molecule has 1 aliphatic rings. The van der Waals surface area contributed by atoms with Crippen molar-refractivity contribution < 1.29 is 9.21 Å². The van der Waals surface area contributed by atoms with E-state index in [0.29, 0.717) is 23.5 Å². The number of para-hydroxylation sites is 1. The third kappa shape index (κ3) is 2.59. The fourth-order valence-electron chi connectivity index (χ4n) is 3.25. The van der Waals surface area contributed by atoms with Crippen LogP contribution in [0.4, 0.5) is 0 Å². The molecule has 3 heterocycles. The van der Waals surface area contributed by atoms with Crippen LogP contribution in [0.1, 0.15) is 28.1 Å². The van der Waals surface area contributed by atoms with E-state index in [1.807, 2.05) is 4.90 Å². The van der Waals surface area contributed by atoms with Crippen LogP contribution in [0.25, 0.3) is 16.5 Å². The van der Waals surface area contributed by atoms with Crippen LogP contribution in [-0.2, 0) is 0 Å². The molecule has 24 heavy (non-hydrogen) atoms. The summed E-state index contributed by atoms with van der Waals surface area (Å²) < 4.78 is 5.95. The number of fused-ring (bicyclic) bond motifs is 1. The molecule has 0 bridgehead atoms. The molecule has 0 atom stereocenters. The molecule has 0 spiro atoms. The summed E-state index contributed by atoms with van der Waals surface area (Å²) in [6.07, 6.45) is 5.06. The maximum atomic E-state index is 12.4. The molecular weight excluding hydrogens is 368 g/mol. The lowest BCUT2D eigenvalue weighted by Crippen LogP contribution is -2.34. The van der Waals surface area contributed by atoms with Gasteiger partial charge >= 0.3 is 0 Å². The minimum atomic E-state index is -0.0641. The number of aromatic nitrogens is 1. The zero-order valence-corrected chi connectivity index (χ0v) is 14.9. The van der Waals surface area contributed by atoms with Gasteiger partial charge in [0.15, 0.2) is 10.4 Å². The van der Waals surface area contributed by atoms with Crippen LogP contribution in [0.3, 0.4) is 0 Å². The molecular formula is C19H17BrN2O2. The summed E-state index contributed by atoms with van der Waals surface area (Å²) in [7, 11) is 0. The largest absolute Gasteiger partial charge is 0.444 e. The first-order valence-electron chi connectivity index (χ1n) is 7.94. The standard InChI is InChI=1S/C19H17BrN2O2/c1-12-3-2-4-14-15(11-21-18(12)14)13-7-9-22(10-8-13)19(23)16-5-6-17(20)24-16/h2-7,11,21H,8-10H2,1H3. The Balaban J connectivity index is 1.58. The summed E-state index contributed by atoms with van der Waals surface area (Å²) >= 11 is 3.24. The number of amides is 1. The molecule has 0 saturated heterocycles. The smallest absolute Gasteiger partial charge is 0.289 e. The Hall–Kier alpha value is -2.27. The average Bonchev–Trinajstić information content (AvgIpc) is 3.22. The maximum absolute atomic E-state index is 12.4. The van der Waals surface area contributed by atoms with Gasteiger partial charge in [0.1, 0.15) is 0 Å². The van der Waals surface area contributed by atoms with E-state index in [-0.39, 0.29) is 5.91 Å². The lowest BCUT2D eigenvalue weighted by atomic mass is 9.98. The fourth-order valence-corrected chi connectivity index (χ4v) is 3.56. The van der Waals surface area contributed by atoms with E-state index in [1.54, 1.807) is 12.1 Å². The van der Waals surface area contributed by atoms with E-state index in [0.717, 1.165) is 6.42 Å². The number of aromatic amines is 1. The number of hydrogen-bond acceptors (Lipinski definition) is 2. The molecule has 0 unspecified atom stereocenters. The Bertz CT molecular complexity index is 951. The van der Waals surface area contributed by atoms with Gasteiger partial charge in [-0.15, -0.1) is 0 Å². The van der Waals surface area contributed by atoms with Crippen molar-refractivity contribution in [3.05, 3.63) is 64.2 Å². The number of rotatable bonds is 2. The van der Waals surface area contributed by atoms with Crippen molar-refractivity contribution in [1.29, 1.82) is 0 Å². The molecule has 1 N–H and O–H groups in total. The van der Waals surface area contributed by atoms with Crippen molar-refractivity contribution in [2.75, 3.05) is 13.1 Å². The van der Waals surface area contributed by atoms with Crippen LogP contribution < -0.4 is 0 Å². The number of halogens is 1. The number of carbonyl (C=O) groups excluding carboxylic acids is 1. The fraction of sp³-hybridized carbons (Fsp3) is 0.211. The topological polar surface area (TPSA) is 49.2 Å². The molecule has 2 aromatic heterocycles. The first-order valence-corrected chi connectivity index (χ1v) is 8.73. The number of H-pyrrole nitrogens is 1. The van der Waals surface area contributed by atoms with Crippen LogP contribution in [0, 0.1) is 6.92 Å². The van der Waals surface area contributed by atoms with Gasteiger partial charge in [0.05, 0.1) is 0 Å². The minimum absolute atomic E-state index is 0.0641. The number of nitrogens with one attached hydrogen (secondary N) is 1. The zero-order valence-electron chi connectivity index (χ0n) is 13.3. The van der Waals surface area contributed by atoms with Crippen LogP contribution in [0.2, 0.25) is 0 Å². The minimum Gasteiger partial charge on any atom is -0.444 e. The molecule has 0 radical (unpaired) electrons. The van der Waals surface area contributed by atoms with Gasteiger partial charge in [0.25, 0.3) is 5.91 Å². The Morgan fingerprint density at radius 2 is 2.17 bits per heavy atom. The van der Waals surface area contributed by atoms with Crippen LogP contribution >= 0.6 is 15.9 Å². The lowest BCUT2D eigenvalue weighted by Gasteiger charge is -2.25. The summed E-state index contributed by atoms with van der Waals surface area (Å²) in [5, 5.41) is 1.25. The van der Waals surface area contributed by atoms with Crippen molar-refractivity contribution in [1.82, 2.24) is 9.88 Å². The SMILES string of the molecule is Cc1cccc2c(C3=CCN(C(=O)c4ccc(Br)o4)CC3)c[nH]c12. The molecule has 1 aliphatic heterocycles. The summed E-state index contributed by atoms with van der Waals surface area (Å²) in [6.45, 7) is 3.41. The van der Waals surface area contributed by atoms with Crippen LogP contribution in [0.5, 0.6) is 0 Å². The van der Waals surface area contributed by atoms with Crippen molar-refractivity contribution in [3.63, 3.8) is 0 Å². The second-order valence-corrected chi connectivity index (χ2v) is 6.82. The molecule has 122 valence electrons. The average molecular weight is 385 g/mol. The van der Waals surface area contributed by atoms with Gasteiger partial charge < -0.3 is 14.3 Å². The van der Waals surface area contributed by atoms with Gasteiger partial charge in [-0.3, -0.25) is 4.79 Å². The van der Waals surface area contributed by atoms with Crippen molar-refractivity contribution in [2.24, 2.45) is 0 Å². The summed E-state index contributed by atoms with van der Waals surface area (Å²) in [6, 6.07) is 9.79. The highest BCUT2D eigenvalue weighted by Crippen LogP contribution is 2.31. The second kappa shape index (κ2) is 5.98. The number of carbonyl (C=O) groups is 1. The number of furan rings is 1. The summed E-state index contributed by atoms with van der Waals surface area (Å²) in [4.78, 5) is 17.6. The Morgan fingerprint density at radius 1 is 1.29 bits per heavy atom. The molecule has 1 amide bonds. The lowest BCUT2D eigenvalue weighted by molar-refractivity contribution is 0.0739. The predicted molar refractivity (Wildman–Crippen MR) is 97.9 cm³/mol. The number of benzene rings is 1. The van der Waals surface area contributed by atoms with Gasteiger partial charge in [0.2, 0.25) is 0 Å². The first-order chi connectivity index (χ1) is 11.6. The van der Waals surface area contributed by atoms with Crippen molar-refractivity contribution >= 4 is 38.3 Å². The van der Waals surface area contributed by atoms with E-state index in [4.69, 9.17) is 4.42 Å². The summed E-state index contributed by atoms with van der Waals surface area (Å²) in [5.41, 5.74) is 4.96. The molecule has 0 saturated carbocycles. The molecule has 4 rings (SSSR count). The van der Waals surface area contributed by atoms with E-state index < -0.39 is 0 Å². The number of hydrogen-bond donors (Lipinski definition) is 1. The number of nitrogens with zero attached hydrogens (tertiary/aromatic N) is 1. The Morgan fingerprint density at radius 3 is 2.88 bits per heavy atom. The highest BCUT2D eigenvalue weighted by atomic mass is 79.9. The molecule has 4 nitrogen and oxygen atoms in total. The van der Waals surface area contributed by atoms with Crippen molar-refractivity contribution in [2.45, 2.75) is 13.3 Å². The maximum Gasteiger partial charge on any atom is 0.289 e. The van der Waals surface area contributed by atoms with Gasteiger partial charge in [-0.05, 0) is 52.5 Å². The highest BCUT2D eigenvalue weighted by molar-refractivity contribution is 9.10. The quantitative estimate of drug-likeness (QED) is 0.692. The van der Waals surface area contributed by atoms with Gasteiger partial charge in [-0.2, -0.15) is 0 Å². The third-order valence-electron chi connectivity index (χ3n) is 4.55. The Kier molecular flexibility index (Phi) is 3.81. The van der Waals surface area contributed by atoms with Gasteiger partial charge in [-0.25, -0.2) is 0 Å². The summed E-state index contributed by atoms with van der Waals surface area (Å²) in [5.74, 6) is 0.312. The first kappa shape index (κ1) is 15.3. The van der Waals surface area contributed by atoms with Crippen LogP contribution in [0.15, 0.2) is 51.7 Å². The zero-order chi connectivity index (χ0) is 16.7. The molecule has 0 fully saturated rings. The van der Waals surface area contributed by atoms with E-state index in [1.165, 1.54) is 27.6 Å². The highest BCUT2D eigenvalue weighted by Gasteiger charge is 2.22. The van der Waals surface area contributed by atoms with Gasteiger partial charge in [0, 0.05) is 35.8 Å². The van der Waals surface area contributed by atoms with E-state index in [9.17, 15) is 4.79 Å². The predicted octanol–water partition coefficient (Wildman–Crippen LogP) is 4.76. The second-order valence-electron chi connectivity index (χ2n) is 6.03. The monoisotopic (exact) mass is 384 g/mol. The normalized spacial score (nSPS) is 14.9. The molecule has 3 aromatic rings. The van der Waals surface area contributed by atoms with Crippen molar-refractivity contribution in [3.8, 4) is 0 Å². The number of aryl methyl sites for hydroxylation is 1. The van der Waals surface area contributed by atoms with E-state index >= 15 is 0 Å². The van der Waals surface area contributed by atoms with E-state index in [2.05, 4.69) is 58.3 Å². The van der Waals surface area contributed by atoms with Gasteiger partial charge in [-0.1, -0.05) is 24.3 Å². The molecule has 1 aromatic carbocycles. The molecule has 5 heteroatoms. The third-order valence-corrected chi connectivity index (χ3v) is 4.98. The molecule has 0 aliphatic carbocycles.